The summed E-state index contributed by atoms with van der Waals surface area (Å²) in [6, 6.07) is 12.8. The summed E-state index contributed by atoms with van der Waals surface area (Å²) in [5, 5.41) is 22.5. The number of rotatable bonds is 6. The Morgan fingerprint density at radius 2 is 2.04 bits per heavy atom. The highest BCUT2D eigenvalue weighted by molar-refractivity contribution is 7.11. The van der Waals surface area contributed by atoms with Crippen molar-refractivity contribution < 1.29 is 9.90 Å². The second kappa shape index (κ2) is 8.16. The quantitative estimate of drug-likeness (QED) is 0.698. The van der Waals surface area contributed by atoms with Crippen molar-refractivity contribution in [3.05, 3.63) is 63.7 Å². The summed E-state index contributed by atoms with van der Waals surface area (Å²) in [4.78, 5) is 16.8. The number of aryl methyl sites for hydroxylation is 1. The van der Waals surface area contributed by atoms with Crippen molar-refractivity contribution in [3.8, 4) is 11.3 Å². The average Bonchev–Trinajstić information content (AvgIpc) is 3.07. The molecule has 1 aromatic carbocycles. The third-order valence-corrected chi connectivity index (χ3v) is 4.71. The minimum absolute atomic E-state index is 0.139. The Balaban J connectivity index is 1.68. The molecule has 3 aromatic rings. The minimum atomic E-state index is -0.634. The van der Waals surface area contributed by atoms with Crippen LogP contribution in [0.15, 0.2) is 42.5 Å². The van der Waals surface area contributed by atoms with Crippen molar-refractivity contribution in [2.24, 2.45) is 0 Å². The van der Waals surface area contributed by atoms with Crippen LogP contribution in [0.1, 0.15) is 39.1 Å². The van der Waals surface area contributed by atoms with E-state index in [9.17, 15) is 9.90 Å². The lowest BCUT2D eigenvalue weighted by Crippen LogP contribution is -2.25. The summed E-state index contributed by atoms with van der Waals surface area (Å²) < 4.78 is 0. The first-order valence-corrected chi connectivity index (χ1v) is 9.17. The molecule has 1 atom stereocenters. The van der Waals surface area contributed by atoms with Crippen LogP contribution in [0.3, 0.4) is 0 Å². The van der Waals surface area contributed by atoms with Gasteiger partial charge in [-0.15, -0.1) is 21.5 Å². The number of nitrogens with one attached hydrogen (secondary N) is 1. The zero-order valence-electron chi connectivity index (χ0n) is 14.6. The number of hydrogen-bond acceptors (Lipinski definition) is 6. The van der Waals surface area contributed by atoms with E-state index >= 15 is 0 Å². The highest BCUT2D eigenvalue weighted by Gasteiger charge is 2.10. The number of amides is 1. The van der Waals surface area contributed by atoms with Gasteiger partial charge in [0.1, 0.15) is 10.0 Å². The van der Waals surface area contributed by atoms with E-state index < -0.39 is 6.10 Å². The molecule has 7 heteroatoms. The molecule has 0 saturated carbocycles. The number of aromatic nitrogens is 3. The van der Waals surface area contributed by atoms with Crippen molar-refractivity contribution in [1.82, 2.24) is 20.5 Å². The highest BCUT2D eigenvalue weighted by Crippen LogP contribution is 2.20. The number of pyridine rings is 1. The molecule has 1 amide bonds. The fraction of sp³-hybridized carbons (Fsp3) is 0.263. The molecule has 2 heterocycles. The van der Waals surface area contributed by atoms with Gasteiger partial charge in [0.05, 0.1) is 17.5 Å². The molecule has 0 bridgehead atoms. The molecule has 0 aliphatic rings. The Morgan fingerprint density at radius 1 is 1.23 bits per heavy atom. The summed E-state index contributed by atoms with van der Waals surface area (Å²) in [6.45, 7) is 4.09. The SMILES string of the molecule is Cc1nnc(CCNC(=O)c2cccc(-c3cccc([C@@H](C)O)n3)c2)s1. The van der Waals surface area contributed by atoms with Gasteiger partial charge in [0.25, 0.3) is 5.91 Å². The van der Waals surface area contributed by atoms with E-state index in [0.717, 1.165) is 21.3 Å². The van der Waals surface area contributed by atoms with Crippen LogP contribution < -0.4 is 5.32 Å². The van der Waals surface area contributed by atoms with Crippen LogP contribution >= 0.6 is 11.3 Å². The lowest BCUT2D eigenvalue weighted by molar-refractivity contribution is 0.0954. The van der Waals surface area contributed by atoms with Crippen molar-refractivity contribution in [3.63, 3.8) is 0 Å². The van der Waals surface area contributed by atoms with Crippen LogP contribution in [0.4, 0.5) is 0 Å². The largest absolute Gasteiger partial charge is 0.387 e. The maximum atomic E-state index is 12.4. The molecule has 0 fully saturated rings. The Hall–Kier alpha value is -2.64. The normalized spacial score (nSPS) is 12.0. The molecule has 0 aliphatic heterocycles. The van der Waals surface area contributed by atoms with Gasteiger partial charge in [-0.2, -0.15) is 0 Å². The van der Waals surface area contributed by atoms with Crippen molar-refractivity contribution >= 4 is 17.2 Å². The van der Waals surface area contributed by atoms with Gasteiger partial charge in [0, 0.05) is 24.1 Å². The van der Waals surface area contributed by atoms with E-state index in [2.05, 4.69) is 20.5 Å². The van der Waals surface area contributed by atoms with E-state index in [1.165, 1.54) is 11.3 Å². The minimum Gasteiger partial charge on any atom is -0.387 e. The smallest absolute Gasteiger partial charge is 0.251 e. The van der Waals surface area contributed by atoms with Gasteiger partial charge in [-0.1, -0.05) is 18.2 Å². The first-order valence-electron chi connectivity index (χ1n) is 8.35. The molecule has 0 aliphatic carbocycles. The number of aliphatic hydroxyl groups excluding tert-OH is 1. The van der Waals surface area contributed by atoms with Gasteiger partial charge >= 0.3 is 0 Å². The molecular weight excluding hydrogens is 348 g/mol. The maximum absolute atomic E-state index is 12.4. The Labute approximate surface area is 156 Å². The summed E-state index contributed by atoms with van der Waals surface area (Å²) in [5.74, 6) is -0.139. The van der Waals surface area contributed by atoms with Crippen LogP contribution in [0, 0.1) is 6.92 Å². The highest BCUT2D eigenvalue weighted by atomic mass is 32.1. The number of aliphatic hydroxyl groups is 1. The van der Waals surface area contributed by atoms with Crippen LogP contribution in [-0.4, -0.2) is 32.7 Å². The summed E-state index contributed by atoms with van der Waals surface area (Å²) in [5.41, 5.74) is 2.73. The number of carbonyl (C=O) groups excluding carboxylic acids is 1. The molecule has 3 rings (SSSR count). The zero-order valence-corrected chi connectivity index (χ0v) is 15.5. The number of nitrogens with zero attached hydrogens (tertiary/aromatic N) is 3. The first kappa shape index (κ1) is 18.2. The van der Waals surface area contributed by atoms with E-state index in [0.29, 0.717) is 24.2 Å². The fourth-order valence-corrected chi connectivity index (χ4v) is 3.20. The van der Waals surface area contributed by atoms with E-state index in [-0.39, 0.29) is 5.91 Å². The summed E-state index contributed by atoms with van der Waals surface area (Å²) in [7, 11) is 0. The number of carbonyl (C=O) groups is 1. The monoisotopic (exact) mass is 368 g/mol. The summed E-state index contributed by atoms with van der Waals surface area (Å²) in [6.07, 6.45) is 0.0278. The summed E-state index contributed by atoms with van der Waals surface area (Å²) >= 11 is 1.54. The molecule has 0 unspecified atom stereocenters. The molecule has 2 aromatic heterocycles. The van der Waals surface area contributed by atoms with Gasteiger partial charge in [-0.25, -0.2) is 0 Å². The van der Waals surface area contributed by atoms with Crippen molar-refractivity contribution in [1.29, 1.82) is 0 Å². The van der Waals surface area contributed by atoms with E-state index in [1.54, 1.807) is 25.1 Å². The second-order valence-corrected chi connectivity index (χ2v) is 7.19. The third-order valence-electron chi connectivity index (χ3n) is 3.81. The number of hydrogen-bond donors (Lipinski definition) is 2. The second-order valence-electron chi connectivity index (χ2n) is 5.93. The lowest BCUT2D eigenvalue weighted by Gasteiger charge is -2.08. The lowest BCUT2D eigenvalue weighted by atomic mass is 10.1. The van der Waals surface area contributed by atoms with E-state index in [1.807, 2.05) is 31.2 Å². The average molecular weight is 368 g/mol. The predicted octanol–water partition coefficient (Wildman–Crippen LogP) is 2.93. The molecular formula is C19H20N4O2S. The maximum Gasteiger partial charge on any atom is 0.251 e. The van der Waals surface area contributed by atoms with Gasteiger partial charge in [-0.05, 0) is 38.1 Å². The van der Waals surface area contributed by atoms with Crippen LogP contribution in [0.5, 0.6) is 0 Å². The molecule has 26 heavy (non-hydrogen) atoms. The topological polar surface area (TPSA) is 88.0 Å². The molecule has 0 saturated heterocycles. The Bertz CT molecular complexity index is 908. The number of benzene rings is 1. The predicted molar refractivity (Wildman–Crippen MR) is 101 cm³/mol. The van der Waals surface area contributed by atoms with Gasteiger partial charge in [-0.3, -0.25) is 9.78 Å². The van der Waals surface area contributed by atoms with Gasteiger partial charge in [0.15, 0.2) is 0 Å². The standard InChI is InChI=1S/C19H20N4O2S/c1-12(24)16-7-4-8-17(21-16)14-5-3-6-15(11-14)19(25)20-10-9-18-23-22-13(2)26-18/h3-8,11-12,24H,9-10H2,1-2H3,(H,20,25)/t12-/m1/s1. The zero-order chi connectivity index (χ0) is 18.5. The fourth-order valence-electron chi connectivity index (χ4n) is 2.49. The third kappa shape index (κ3) is 4.50. The van der Waals surface area contributed by atoms with Gasteiger partial charge in [0.2, 0.25) is 0 Å². The van der Waals surface area contributed by atoms with Crippen LogP contribution in [0.2, 0.25) is 0 Å². The van der Waals surface area contributed by atoms with Crippen LogP contribution in [0.25, 0.3) is 11.3 Å². The molecule has 0 radical (unpaired) electrons. The van der Waals surface area contributed by atoms with Crippen molar-refractivity contribution in [2.75, 3.05) is 6.54 Å². The molecule has 2 N–H and O–H groups in total. The van der Waals surface area contributed by atoms with Gasteiger partial charge < -0.3 is 10.4 Å². The molecule has 0 spiro atoms. The van der Waals surface area contributed by atoms with E-state index in [4.69, 9.17) is 0 Å². The van der Waals surface area contributed by atoms with Crippen molar-refractivity contribution in [2.45, 2.75) is 26.4 Å². The Morgan fingerprint density at radius 3 is 2.77 bits per heavy atom. The van der Waals surface area contributed by atoms with Crippen LogP contribution in [-0.2, 0) is 6.42 Å². The molecule has 6 nitrogen and oxygen atoms in total. The Kier molecular flexibility index (Phi) is 5.70. The molecule has 134 valence electrons. The first-order chi connectivity index (χ1) is 12.5.